The summed E-state index contributed by atoms with van der Waals surface area (Å²) in [5, 5.41) is 7.44. The van der Waals surface area contributed by atoms with Gasteiger partial charge in [-0.15, -0.1) is 10.2 Å². The van der Waals surface area contributed by atoms with E-state index in [2.05, 4.69) is 10.2 Å². The molecule has 0 unspecified atom stereocenters. The van der Waals surface area contributed by atoms with E-state index < -0.39 is 0 Å². The number of aromatic nitrogens is 2. The number of benzene rings is 1. The van der Waals surface area contributed by atoms with Crippen LogP contribution in [0, 0.1) is 0 Å². The molecule has 0 fully saturated rings. The van der Waals surface area contributed by atoms with Gasteiger partial charge in [0.2, 0.25) is 12.3 Å². The highest BCUT2D eigenvalue weighted by molar-refractivity contribution is 5.73. The second kappa shape index (κ2) is 4.29. The van der Waals surface area contributed by atoms with Gasteiger partial charge in [0.05, 0.1) is 0 Å². The summed E-state index contributed by atoms with van der Waals surface area (Å²) in [6.45, 7) is 0. The Labute approximate surface area is 102 Å². The van der Waals surface area contributed by atoms with Crippen LogP contribution in [0.5, 0.6) is 0 Å². The van der Waals surface area contributed by atoms with Gasteiger partial charge in [-0.25, -0.2) is 0 Å². The van der Waals surface area contributed by atoms with Crippen molar-refractivity contribution >= 4 is 6.29 Å². The van der Waals surface area contributed by atoms with Gasteiger partial charge in [0.25, 0.3) is 0 Å². The lowest BCUT2D eigenvalue weighted by Gasteiger charge is -1.98. The number of aldehydes is 1. The smallest absolute Gasteiger partial charge is 0.247 e. The number of hydrogen-bond acceptors (Lipinski definition) is 5. The second-order valence-electron chi connectivity index (χ2n) is 3.64. The molecule has 88 valence electrons. The van der Waals surface area contributed by atoms with Crippen molar-refractivity contribution in [3.05, 3.63) is 48.6 Å². The lowest BCUT2D eigenvalue weighted by Crippen LogP contribution is -1.79. The maximum absolute atomic E-state index is 10.5. The summed E-state index contributed by atoms with van der Waals surface area (Å²) in [6.07, 6.45) is 1.96. The predicted octanol–water partition coefficient (Wildman–Crippen LogP) is 2.81. The van der Waals surface area contributed by atoms with Gasteiger partial charge in [0, 0.05) is 11.1 Å². The Balaban J connectivity index is 1.93. The zero-order valence-electron chi connectivity index (χ0n) is 9.24. The van der Waals surface area contributed by atoms with E-state index in [1.165, 1.54) is 6.39 Å². The molecule has 0 saturated carbocycles. The number of carbonyl (C=O) groups excluding carboxylic acids is 1. The molecule has 0 atom stereocenters. The Bertz CT molecular complexity index is 654. The van der Waals surface area contributed by atoms with Gasteiger partial charge >= 0.3 is 0 Å². The van der Waals surface area contributed by atoms with Crippen LogP contribution in [0.1, 0.15) is 10.6 Å². The third-order valence-corrected chi connectivity index (χ3v) is 2.52. The van der Waals surface area contributed by atoms with Gasteiger partial charge in [-0.05, 0) is 24.3 Å². The standard InChI is InChI=1S/C13H8N2O3/c16-7-11-5-6-12(18-11)9-1-3-10(4-2-9)13-15-14-8-17-13/h1-8H. The normalized spacial score (nSPS) is 10.4. The number of hydrogen-bond donors (Lipinski definition) is 0. The fourth-order valence-electron chi connectivity index (χ4n) is 1.65. The summed E-state index contributed by atoms with van der Waals surface area (Å²) >= 11 is 0. The fraction of sp³-hybridized carbons (Fsp3) is 0. The molecule has 0 spiro atoms. The summed E-state index contributed by atoms with van der Waals surface area (Å²) in [5.74, 6) is 1.43. The number of rotatable bonds is 3. The monoisotopic (exact) mass is 240 g/mol. The van der Waals surface area contributed by atoms with Crippen LogP contribution in [-0.4, -0.2) is 16.5 Å². The Morgan fingerprint density at radius 3 is 2.39 bits per heavy atom. The molecule has 5 nitrogen and oxygen atoms in total. The molecule has 2 aromatic heterocycles. The van der Waals surface area contributed by atoms with Gasteiger partial charge in [0.15, 0.2) is 12.0 Å². The molecule has 0 amide bonds. The molecule has 0 aliphatic heterocycles. The maximum atomic E-state index is 10.5. The van der Waals surface area contributed by atoms with Crippen LogP contribution in [-0.2, 0) is 0 Å². The first kappa shape index (κ1) is 10.5. The van der Waals surface area contributed by atoms with Crippen LogP contribution < -0.4 is 0 Å². The Morgan fingerprint density at radius 2 is 1.78 bits per heavy atom. The van der Waals surface area contributed by atoms with Crippen molar-refractivity contribution in [3.8, 4) is 22.8 Å². The maximum Gasteiger partial charge on any atom is 0.247 e. The molecule has 18 heavy (non-hydrogen) atoms. The Morgan fingerprint density at radius 1 is 1.00 bits per heavy atom. The molecule has 0 aliphatic rings. The second-order valence-corrected chi connectivity index (χ2v) is 3.64. The molecular formula is C13H8N2O3. The van der Waals surface area contributed by atoms with Crippen molar-refractivity contribution in [3.63, 3.8) is 0 Å². The van der Waals surface area contributed by atoms with E-state index in [0.29, 0.717) is 23.7 Å². The molecule has 5 heteroatoms. The van der Waals surface area contributed by atoms with Crippen molar-refractivity contribution in [2.45, 2.75) is 0 Å². The third-order valence-electron chi connectivity index (χ3n) is 2.52. The molecular weight excluding hydrogens is 232 g/mol. The highest BCUT2D eigenvalue weighted by atomic mass is 16.4. The lowest BCUT2D eigenvalue weighted by atomic mass is 10.1. The fourth-order valence-corrected chi connectivity index (χ4v) is 1.65. The van der Waals surface area contributed by atoms with E-state index in [1.54, 1.807) is 12.1 Å². The van der Waals surface area contributed by atoms with Crippen LogP contribution in [0.3, 0.4) is 0 Å². The zero-order valence-corrected chi connectivity index (χ0v) is 9.24. The van der Waals surface area contributed by atoms with E-state index in [0.717, 1.165) is 11.1 Å². The minimum atomic E-state index is 0.311. The average Bonchev–Trinajstić information content (AvgIpc) is 3.10. The largest absolute Gasteiger partial charge is 0.453 e. The van der Waals surface area contributed by atoms with Gasteiger partial charge in [-0.3, -0.25) is 4.79 Å². The minimum Gasteiger partial charge on any atom is -0.453 e. The summed E-state index contributed by atoms with van der Waals surface area (Å²) in [7, 11) is 0. The van der Waals surface area contributed by atoms with Crippen LogP contribution >= 0.6 is 0 Å². The van der Waals surface area contributed by atoms with Crippen molar-refractivity contribution in [2.24, 2.45) is 0 Å². The minimum absolute atomic E-state index is 0.311. The molecule has 2 heterocycles. The van der Waals surface area contributed by atoms with Gasteiger partial charge in [-0.1, -0.05) is 12.1 Å². The molecule has 3 rings (SSSR count). The van der Waals surface area contributed by atoms with Crippen molar-refractivity contribution in [1.29, 1.82) is 0 Å². The highest BCUT2D eigenvalue weighted by Gasteiger charge is 2.06. The van der Waals surface area contributed by atoms with Crippen molar-refractivity contribution in [1.82, 2.24) is 10.2 Å². The summed E-state index contributed by atoms with van der Waals surface area (Å²) in [4.78, 5) is 10.5. The zero-order chi connectivity index (χ0) is 12.4. The Hall–Kier alpha value is -2.69. The first-order valence-electron chi connectivity index (χ1n) is 5.29. The lowest BCUT2D eigenvalue weighted by molar-refractivity contribution is 0.110. The van der Waals surface area contributed by atoms with Crippen LogP contribution in [0.15, 0.2) is 51.6 Å². The van der Waals surface area contributed by atoms with E-state index in [4.69, 9.17) is 8.83 Å². The molecule has 0 radical (unpaired) electrons. The number of furan rings is 1. The first-order valence-corrected chi connectivity index (χ1v) is 5.29. The van der Waals surface area contributed by atoms with E-state index >= 15 is 0 Å². The van der Waals surface area contributed by atoms with Crippen molar-refractivity contribution in [2.75, 3.05) is 0 Å². The van der Waals surface area contributed by atoms with Crippen LogP contribution in [0.4, 0.5) is 0 Å². The van der Waals surface area contributed by atoms with Gasteiger partial charge in [0.1, 0.15) is 5.76 Å². The Kier molecular flexibility index (Phi) is 2.49. The van der Waals surface area contributed by atoms with Crippen LogP contribution in [0.2, 0.25) is 0 Å². The van der Waals surface area contributed by atoms with Crippen molar-refractivity contribution < 1.29 is 13.6 Å². The quantitative estimate of drug-likeness (QED) is 0.658. The van der Waals surface area contributed by atoms with E-state index in [1.807, 2.05) is 24.3 Å². The van der Waals surface area contributed by atoms with Crippen LogP contribution in [0.25, 0.3) is 22.8 Å². The molecule has 3 aromatic rings. The van der Waals surface area contributed by atoms with Gasteiger partial charge in [-0.2, -0.15) is 0 Å². The number of carbonyl (C=O) groups is 1. The number of nitrogens with zero attached hydrogens (tertiary/aromatic N) is 2. The summed E-state index contributed by atoms with van der Waals surface area (Å²) in [6, 6.07) is 10.8. The van der Waals surface area contributed by atoms with E-state index in [-0.39, 0.29) is 0 Å². The molecule has 1 aromatic carbocycles. The highest BCUT2D eigenvalue weighted by Crippen LogP contribution is 2.24. The molecule has 0 saturated heterocycles. The summed E-state index contributed by atoms with van der Waals surface area (Å²) < 4.78 is 10.4. The van der Waals surface area contributed by atoms with Gasteiger partial charge < -0.3 is 8.83 Å². The average molecular weight is 240 g/mol. The predicted molar refractivity (Wildman–Crippen MR) is 62.8 cm³/mol. The molecule has 0 N–H and O–H groups in total. The topological polar surface area (TPSA) is 69.1 Å². The SMILES string of the molecule is O=Cc1ccc(-c2ccc(-c3nnco3)cc2)o1. The molecule has 0 bridgehead atoms. The van der Waals surface area contributed by atoms with E-state index in [9.17, 15) is 4.79 Å². The summed E-state index contributed by atoms with van der Waals surface area (Å²) in [5.41, 5.74) is 1.71. The first-order chi connectivity index (χ1) is 8.86. The third kappa shape index (κ3) is 1.82. The molecule has 0 aliphatic carbocycles.